The van der Waals surface area contributed by atoms with Crippen molar-refractivity contribution in [1.29, 1.82) is 0 Å². The van der Waals surface area contributed by atoms with Gasteiger partial charge >= 0.3 is 0 Å². The quantitative estimate of drug-likeness (QED) is 0.906. The van der Waals surface area contributed by atoms with Gasteiger partial charge in [-0.15, -0.1) is 10.2 Å². The first-order valence-corrected chi connectivity index (χ1v) is 7.61. The third-order valence-electron chi connectivity index (χ3n) is 2.75. The fraction of sp³-hybridized carbons (Fsp3) is 0.385. The lowest BCUT2D eigenvalue weighted by Crippen LogP contribution is -2.14. The van der Waals surface area contributed by atoms with Gasteiger partial charge in [-0.1, -0.05) is 42.2 Å². The first kappa shape index (κ1) is 13.5. The molecular formula is C13H17N3S2. The van der Waals surface area contributed by atoms with Crippen molar-refractivity contribution in [3.8, 4) is 0 Å². The summed E-state index contributed by atoms with van der Waals surface area (Å²) in [4.78, 5) is 1.21. The Kier molecular flexibility index (Phi) is 4.74. The minimum Gasteiger partial charge on any atom is -0.313 e. The molecule has 0 fully saturated rings. The van der Waals surface area contributed by atoms with E-state index in [-0.39, 0.29) is 0 Å². The number of rotatable bonds is 5. The van der Waals surface area contributed by atoms with Crippen LogP contribution in [0.2, 0.25) is 0 Å². The molecule has 1 heterocycles. The van der Waals surface area contributed by atoms with Gasteiger partial charge in [0.2, 0.25) is 0 Å². The summed E-state index contributed by atoms with van der Waals surface area (Å²) < 4.78 is 1.00. The first-order chi connectivity index (χ1) is 8.72. The molecule has 1 aromatic carbocycles. The van der Waals surface area contributed by atoms with Crippen molar-refractivity contribution in [2.45, 2.75) is 35.5 Å². The van der Waals surface area contributed by atoms with Crippen LogP contribution >= 0.6 is 23.1 Å². The van der Waals surface area contributed by atoms with Crippen LogP contribution in [0, 0.1) is 6.92 Å². The van der Waals surface area contributed by atoms with Crippen molar-refractivity contribution in [2.24, 2.45) is 0 Å². The molecule has 1 N–H and O–H groups in total. The number of nitrogens with one attached hydrogen (secondary N) is 1. The molecule has 18 heavy (non-hydrogen) atoms. The van der Waals surface area contributed by atoms with Gasteiger partial charge in [0, 0.05) is 10.9 Å². The zero-order chi connectivity index (χ0) is 13.0. The molecule has 2 rings (SSSR count). The number of aryl methyl sites for hydroxylation is 1. The molecule has 3 nitrogen and oxygen atoms in total. The molecule has 0 aliphatic rings. The van der Waals surface area contributed by atoms with E-state index in [9.17, 15) is 0 Å². The lowest BCUT2D eigenvalue weighted by Gasteiger charge is -2.14. The Hall–Kier alpha value is -0.910. The maximum absolute atomic E-state index is 4.12. The molecule has 96 valence electrons. The molecule has 1 unspecified atom stereocenters. The number of hydrogen-bond acceptors (Lipinski definition) is 5. The first-order valence-electron chi connectivity index (χ1n) is 5.98. The van der Waals surface area contributed by atoms with Crippen LogP contribution in [-0.4, -0.2) is 17.2 Å². The molecule has 0 amide bonds. The maximum atomic E-state index is 4.12. The highest BCUT2D eigenvalue weighted by Gasteiger charge is 2.07. The van der Waals surface area contributed by atoms with Crippen molar-refractivity contribution in [2.75, 3.05) is 7.05 Å². The zero-order valence-electron chi connectivity index (χ0n) is 10.8. The van der Waals surface area contributed by atoms with E-state index in [0.717, 1.165) is 15.8 Å². The lowest BCUT2D eigenvalue weighted by molar-refractivity contribution is 0.576. The standard InChI is InChI=1S/C13H17N3S2/c1-4-12(14-3)10-5-7-11(8-6-10)18-13-16-15-9(2)17-13/h5-8,12,14H,4H2,1-3H3. The van der Waals surface area contributed by atoms with Crippen LogP contribution in [0.4, 0.5) is 0 Å². The Labute approximate surface area is 116 Å². The predicted molar refractivity (Wildman–Crippen MR) is 77.3 cm³/mol. The fourth-order valence-corrected chi connectivity index (χ4v) is 3.58. The molecule has 0 bridgehead atoms. The van der Waals surface area contributed by atoms with E-state index in [1.165, 1.54) is 10.5 Å². The normalized spacial score (nSPS) is 12.6. The molecule has 1 atom stereocenters. The fourth-order valence-electron chi connectivity index (χ4n) is 1.80. The van der Waals surface area contributed by atoms with Gasteiger partial charge < -0.3 is 5.32 Å². The van der Waals surface area contributed by atoms with Gasteiger partial charge in [-0.25, -0.2) is 0 Å². The van der Waals surface area contributed by atoms with Crippen LogP contribution < -0.4 is 5.32 Å². The molecule has 0 radical (unpaired) electrons. The number of nitrogens with zero attached hydrogens (tertiary/aromatic N) is 2. The second kappa shape index (κ2) is 6.31. The molecular weight excluding hydrogens is 262 g/mol. The van der Waals surface area contributed by atoms with Gasteiger partial charge in [-0.2, -0.15) is 0 Å². The summed E-state index contributed by atoms with van der Waals surface area (Å²) in [5.41, 5.74) is 1.33. The monoisotopic (exact) mass is 279 g/mol. The average molecular weight is 279 g/mol. The smallest absolute Gasteiger partial charge is 0.179 e. The minimum absolute atomic E-state index is 0.438. The van der Waals surface area contributed by atoms with E-state index in [4.69, 9.17) is 0 Å². The summed E-state index contributed by atoms with van der Waals surface area (Å²) in [6.07, 6.45) is 1.10. The predicted octanol–water partition coefficient (Wildman–Crippen LogP) is 3.67. The van der Waals surface area contributed by atoms with Crippen molar-refractivity contribution in [3.63, 3.8) is 0 Å². The van der Waals surface area contributed by atoms with E-state index in [1.54, 1.807) is 23.1 Å². The van der Waals surface area contributed by atoms with Crippen LogP contribution in [-0.2, 0) is 0 Å². The lowest BCUT2D eigenvalue weighted by atomic mass is 10.1. The number of benzene rings is 1. The Morgan fingerprint density at radius 3 is 2.50 bits per heavy atom. The second-order valence-corrected chi connectivity index (χ2v) is 6.51. The third-order valence-corrected chi connectivity index (χ3v) is 4.65. The van der Waals surface area contributed by atoms with Crippen LogP contribution in [0.1, 0.15) is 30.0 Å². The molecule has 5 heteroatoms. The largest absolute Gasteiger partial charge is 0.313 e. The Morgan fingerprint density at radius 2 is 2.00 bits per heavy atom. The summed E-state index contributed by atoms with van der Waals surface area (Å²) >= 11 is 3.30. The van der Waals surface area contributed by atoms with E-state index in [1.807, 2.05) is 14.0 Å². The van der Waals surface area contributed by atoms with Gasteiger partial charge in [0.1, 0.15) is 5.01 Å². The molecule has 2 aromatic rings. The van der Waals surface area contributed by atoms with E-state index in [2.05, 4.69) is 46.7 Å². The summed E-state index contributed by atoms with van der Waals surface area (Å²) in [6, 6.07) is 9.10. The zero-order valence-corrected chi connectivity index (χ0v) is 12.4. The second-order valence-electron chi connectivity index (χ2n) is 4.01. The topological polar surface area (TPSA) is 37.8 Å². The average Bonchev–Trinajstić information content (AvgIpc) is 2.78. The van der Waals surface area contributed by atoms with Gasteiger partial charge in [-0.05, 0) is 38.1 Å². The van der Waals surface area contributed by atoms with Gasteiger partial charge in [-0.3, -0.25) is 0 Å². The highest BCUT2D eigenvalue weighted by atomic mass is 32.2. The van der Waals surface area contributed by atoms with E-state index >= 15 is 0 Å². The number of hydrogen-bond donors (Lipinski definition) is 1. The molecule has 0 saturated carbocycles. The molecule has 0 spiro atoms. The summed E-state index contributed by atoms with van der Waals surface area (Å²) in [7, 11) is 2.00. The van der Waals surface area contributed by atoms with Gasteiger partial charge in [0.25, 0.3) is 0 Å². The Morgan fingerprint density at radius 1 is 1.28 bits per heavy atom. The van der Waals surface area contributed by atoms with Crippen molar-refractivity contribution in [1.82, 2.24) is 15.5 Å². The summed E-state index contributed by atoms with van der Waals surface area (Å²) in [5.74, 6) is 0. The number of aromatic nitrogens is 2. The van der Waals surface area contributed by atoms with Gasteiger partial charge in [0.15, 0.2) is 4.34 Å². The van der Waals surface area contributed by atoms with Gasteiger partial charge in [0.05, 0.1) is 0 Å². The van der Waals surface area contributed by atoms with Crippen LogP contribution in [0.3, 0.4) is 0 Å². The van der Waals surface area contributed by atoms with Crippen LogP contribution in [0.25, 0.3) is 0 Å². The van der Waals surface area contributed by atoms with Crippen LogP contribution in [0.5, 0.6) is 0 Å². The van der Waals surface area contributed by atoms with Crippen LogP contribution in [0.15, 0.2) is 33.5 Å². The van der Waals surface area contributed by atoms with Crippen molar-refractivity contribution in [3.05, 3.63) is 34.8 Å². The highest BCUT2D eigenvalue weighted by molar-refractivity contribution is 8.01. The molecule has 1 aromatic heterocycles. The van der Waals surface area contributed by atoms with Crippen molar-refractivity contribution >= 4 is 23.1 Å². The Bertz CT molecular complexity index is 489. The minimum atomic E-state index is 0.438. The van der Waals surface area contributed by atoms with Crippen molar-refractivity contribution < 1.29 is 0 Å². The maximum Gasteiger partial charge on any atom is 0.179 e. The highest BCUT2D eigenvalue weighted by Crippen LogP contribution is 2.30. The third kappa shape index (κ3) is 3.31. The molecule has 0 saturated heterocycles. The Balaban J connectivity index is 2.07. The molecule has 0 aliphatic heterocycles. The van der Waals surface area contributed by atoms with E-state index in [0.29, 0.717) is 6.04 Å². The summed E-state index contributed by atoms with van der Waals surface area (Å²) in [5, 5.41) is 12.5. The molecule has 0 aliphatic carbocycles. The summed E-state index contributed by atoms with van der Waals surface area (Å²) in [6.45, 7) is 4.16. The SMILES string of the molecule is CCC(NC)c1ccc(Sc2nnc(C)s2)cc1. The van der Waals surface area contributed by atoms with E-state index < -0.39 is 0 Å².